The number of fused-ring (bicyclic) bond motifs is 1. The molecule has 0 bridgehead atoms. The minimum Gasteiger partial charge on any atom is -0.354 e. The molecule has 0 saturated heterocycles. The summed E-state index contributed by atoms with van der Waals surface area (Å²) in [5, 5.41) is 7.17. The molecule has 2 N–H and O–H groups in total. The Hall–Kier alpha value is -1.64. The lowest BCUT2D eigenvalue weighted by molar-refractivity contribution is 0.150. The number of pyridine rings is 1. The van der Waals surface area contributed by atoms with Gasteiger partial charge in [0.2, 0.25) is 0 Å². The lowest BCUT2D eigenvalue weighted by Gasteiger charge is -2.39. The molecule has 2 saturated carbocycles. The van der Waals surface area contributed by atoms with E-state index in [1.165, 1.54) is 44.9 Å². The van der Waals surface area contributed by atoms with Crippen LogP contribution < -0.4 is 10.6 Å². The molecule has 0 amide bonds. The average Bonchev–Trinajstić information content (AvgIpc) is 3.17. The summed E-state index contributed by atoms with van der Waals surface area (Å²) in [6.07, 6.45) is 15.2. The third-order valence-corrected chi connectivity index (χ3v) is 6.47. The fourth-order valence-electron chi connectivity index (χ4n) is 4.96. The number of halogens is 1. The van der Waals surface area contributed by atoms with Crippen LogP contribution >= 0.6 is 24.0 Å². The van der Waals surface area contributed by atoms with Gasteiger partial charge >= 0.3 is 0 Å². The van der Waals surface area contributed by atoms with Crippen molar-refractivity contribution in [1.82, 2.24) is 25.2 Å². The normalized spacial score (nSPS) is 24.3. The first-order chi connectivity index (χ1) is 13.7. The zero-order valence-electron chi connectivity index (χ0n) is 17.5. The van der Waals surface area contributed by atoms with Crippen molar-refractivity contribution in [3.8, 4) is 5.82 Å². The van der Waals surface area contributed by atoms with E-state index in [-0.39, 0.29) is 24.0 Å². The molecular formula is C22H33IN6. The molecule has 2 aliphatic rings. The van der Waals surface area contributed by atoms with E-state index in [1.807, 2.05) is 43.2 Å². The number of guanidine groups is 1. The Morgan fingerprint density at radius 3 is 2.72 bits per heavy atom. The molecule has 2 aliphatic carbocycles. The van der Waals surface area contributed by atoms with Gasteiger partial charge in [-0.2, -0.15) is 0 Å². The maximum atomic E-state index is 4.57. The van der Waals surface area contributed by atoms with Crippen molar-refractivity contribution >= 4 is 29.9 Å². The fourth-order valence-corrected chi connectivity index (χ4v) is 4.96. The topological polar surface area (TPSA) is 67.1 Å². The molecule has 2 heterocycles. The van der Waals surface area contributed by atoms with Crippen LogP contribution in [0.2, 0.25) is 0 Å². The molecule has 4 rings (SSSR count). The van der Waals surface area contributed by atoms with Crippen molar-refractivity contribution in [3.63, 3.8) is 0 Å². The van der Waals surface area contributed by atoms with Crippen LogP contribution in [0.4, 0.5) is 0 Å². The van der Waals surface area contributed by atoms with Crippen LogP contribution in [0.3, 0.4) is 0 Å². The third kappa shape index (κ3) is 5.29. The highest BCUT2D eigenvalue weighted by atomic mass is 127. The van der Waals surface area contributed by atoms with Crippen LogP contribution in [-0.2, 0) is 6.54 Å². The zero-order chi connectivity index (χ0) is 19.3. The van der Waals surface area contributed by atoms with E-state index in [2.05, 4.69) is 31.7 Å². The van der Waals surface area contributed by atoms with E-state index in [0.717, 1.165) is 35.0 Å². The quantitative estimate of drug-likeness (QED) is 0.369. The monoisotopic (exact) mass is 508 g/mol. The molecule has 2 aromatic rings. The van der Waals surface area contributed by atoms with Crippen molar-refractivity contribution < 1.29 is 0 Å². The van der Waals surface area contributed by atoms with E-state index in [0.29, 0.717) is 12.6 Å². The second-order valence-electron chi connectivity index (χ2n) is 8.22. The molecule has 7 heteroatoms. The highest BCUT2D eigenvalue weighted by Crippen LogP contribution is 2.40. The maximum absolute atomic E-state index is 4.57. The van der Waals surface area contributed by atoms with Crippen molar-refractivity contribution in [3.05, 3.63) is 42.1 Å². The van der Waals surface area contributed by atoms with Crippen LogP contribution in [0.5, 0.6) is 0 Å². The SMILES string of the molecule is CN=C(NCc1cccnc1-n1ccnc1C)NC1CCC2CCCCC2C1.I. The Morgan fingerprint density at radius 2 is 1.97 bits per heavy atom. The van der Waals surface area contributed by atoms with E-state index < -0.39 is 0 Å². The molecule has 3 unspecified atom stereocenters. The van der Waals surface area contributed by atoms with Gasteiger partial charge < -0.3 is 10.6 Å². The molecule has 2 fully saturated rings. The van der Waals surface area contributed by atoms with Crippen LogP contribution in [0.15, 0.2) is 35.7 Å². The molecule has 2 aromatic heterocycles. The lowest BCUT2D eigenvalue weighted by Crippen LogP contribution is -2.46. The summed E-state index contributed by atoms with van der Waals surface area (Å²) in [4.78, 5) is 13.4. The van der Waals surface area contributed by atoms with Gasteiger partial charge in [0.1, 0.15) is 11.6 Å². The van der Waals surface area contributed by atoms with Crippen molar-refractivity contribution in [2.75, 3.05) is 7.05 Å². The van der Waals surface area contributed by atoms with E-state index >= 15 is 0 Å². The van der Waals surface area contributed by atoms with Gasteiger partial charge in [0.25, 0.3) is 0 Å². The summed E-state index contributed by atoms with van der Waals surface area (Å²) >= 11 is 0. The van der Waals surface area contributed by atoms with Gasteiger partial charge in [-0.05, 0) is 44.1 Å². The third-order valence-electron chi connectivity index (χ3n) is 6.47. The van der Waals surface area contributed by atoms with Crippen LogP contribution in [0.25, 0.3) is 5.82 Å². The van der Waals surface area contributed by atoms with Gasteiger partial charge in [-0.1, -0.05) is 31.7 Å². The molecule has 0 radical (unpaired) electrons. The minimum atomic E-state index is 0. The van der Waals surface area contributed by atoms with Gasteiger partial charge in [0, 0.05) is 43.8 Å². The molecular weight excluding hydrogens is 475 g/mol. The van der Waals surface area contributed by atoms with Gasteiger partial charge in [-0.25, -0.2) is 9.97 Å². The minimum absolute atomic E-state index is 0. The first kappa shape index (κ1) is 22.1. The summed E-state index contributed by atoms with van der Waals surface area (Å²) in [6, 6.07) is 4.62. The Balaban J connectivity index is 0.00000240. The number of aliphatic imine (C=N–C) groups is 1. The van der Waals surface area contributed by atoms with Crippen LogP contribution in [0.1, 0.15) is 56.3 Å². The molecule has 0 aliphatic heterocycles. The Bertz CT molecular complexity index is 817. The number of rotatable bonds is 4. The zero-order valence-corrected chi connectivity index (χ0v) is 19.8. The van der Waals surface area contributed by atoms with Crippen molar-refractivity contribution in [1.29, 1.82) is 0 Å². The van der Waals surface area contributed by atoms with E-state index in [4.69, 9.17) is 0 Å². The maximum Gasteiger partial charge on any atom is 0.191 e. The van der Waals surface area contributed by atoms with Gasteiger partial charge in [-0.3, -0.25) is 9.56 Å². The molecule has 158 valence electrons. The Labute approximate surface area is 191 Å². The van der Waals surface area contributed by atoms with E-state index in [1.54, 1.807) is 0 Å². The van der Waals surface area contributed by atoms with Crippen molar-refractivity contribution in [2.24, 2.45) is 16.8 Å². The number of nitrogens with one attached hydrogen (secondary N) is 2. The second kappa shape index (κ2) is 10.4. The summed E-state index contributed by atoms with van der Waals surface area (Å²) in [6.45, 7) is 2.67. The standard InChI is InChI=1S/C22H32N6.HI/c1-16-24-12-13-28(16)21-19(8-5-11-25-21)15-26-22(23-2)27-20-10-9-17-6-3-4-7-18(17)14-20;/h5,8,11-13,17-18,20H,3-4,6-7,9-10,14-15H2,1-2H3,(H2,23,26,27);1H. The fraction of sp³-hybridized carbons (Fsp3) is 0.591. The molecule has 6 nitrogen and oxygen atoms in total. The smallest absolute Gasteiger partial charge is 0.191 e. The number of hydrogen-bond donors (Lipinski definition) is 2. The summed E-state index contributed by atoms with van der Waals surface area (Å²) in [7, 11) is 1.85. The van der Waals surface area contributed by atoms with E-state index in [9.17, 15) is 0 Å². The largest absolute Gasteiger partial charge is 0.354 e. The number of hydrogen-bond acceptors (Lipinski definition) is 3. The summed E-state index contributed by atoms with van der Waals surface area (Å²) in [5.41, 5.74) is 1.13. The summed E-state index contributed by atoms with van der Waals surface area (Å²) in [5.74, 6) is 4.62. The number of nitrogens with zero attached hydrogens (tertiary/aromatic N) is 4. The molecule has 29 heavy (non-hydrogen) atoms. The first-order valence-electron chi connectivity index (χ1n) is 10.7. The Kier molecular flexibility index (Phi) is 7.91. The van der Waals surface area contributed by atoms with Crippen LogP contribution in [0, 0.1) is 18.8 Å². The average molecular weight is 508 g/mol. The highest BCUT2D eigenvalue weighted by molar-refractivity contribution is 14.0. The summed E-state index contributed by atoms with van der Waals surface area (Å²) < 4.78 is 2.03. The number of imidazole rings is 1. The Morgan fingerprint density at radius 1 is 1.14 bits per heavy atom. The molecule has 0 aromatic carbocycles. The molecule has 0 spiro atoms. The predicted molar refractivity (Wildman–Crippen MR) is 128 cm³/mol. The highest BCUT2D eigenvalue weighted by Gasteiger charge is 2.32. The van der Waals surface area contributed by atoms with Crippen LogP contribution in [-0.4, -0.2) is 33.6 Å². The van der Waals surface area contributed by atoms with Gasteiger partial charge in [-0.15, -0.1) is 24.0 Å². The number of aryl methyl sites for hydroxylation is 1. The van der Waals surface area contributed by atoms with Gasteiger partial charge in [0.15, 0.2) is 5.96 Å². The predicted octanol–water partition coefficient (Wildman–Crippen LogP) is 4.22. The van der Waals surface area contributed by atoms with Gasteiger partial charge in [0.05, 0.1) is 0 Å². The first-order valence-corrected chi connectivity index (χ1v) is 10.7. The van der Waals surface area contributed by atoms with Crippen molar-refractivity contribution in [2.45, 2.75) is 64.5 Å². The molecule has 3 atom stereocenters. The number of aromatic nitrogens is 3. The lowest BCUT2D eigenvalue weighted by atomic mass is 9.69. The second-order valence-corrected chi connectivity index (χ2v) is 8.22.